The highest BCUT2D eigenvalue weighted by Gasteiger charge is 2.12. The molecule has 0 N–H and O–H groups in total. The lowest BCUT2D eigenvalue weighted by molar-refractivity contribution is 0.181. The van der Waals surface area contributed by atoms with Gasteiger partial charge in [0.05, 0.1) is 12.3 Å². The summed E-state index contributed by atoms with van der Waals surface area (Å²) in [6.07, 6.45) is 0. The maximum Gasteiger partial charge on any atom is 0.151 e. The lowest BCUT2D eigenvalue weighted by atomic mass is 10.3. The van der Waals surface area contributed by atoms with E-state index in [4.69, 9.17) is 16.3 Å². The Labute approximate surface area is 102 Å². The molecule has 0 fully saturated rings. The molecule has 1 aromatic heterocycles. The van der Waals surface area contributed by atoms with Crippen LogP contribution in [0.5, 0.6) is 0 Å². The molecule has 0 unspecified atom stereocenters. The Hall–Kier alpha value is -1.46. The molecular formula is C11H9ClF2N2O. The summed E-state index contributed by atoms with van der Waals surface area (Å²) < 4.78 is 32.4. The molecule has 3 nitrogen and oxygen atoms in total. The Morgan fingerprint density at radius 3 is 2.76 bits per heavy atom. The van der Waals surface area contributed by atoms with Crippen molar-refractivity contribution in [2.24, 2.45) is 0 Å². The zero-order valence-corrected chi connectivity index (χ0v) is 9.71. The summed E-state index contributed by atoms with van der Waals surface area (Å²) in [6, 6.07) is 4.77. The van der Waals surface area contributed by atoms with Crippen LogP contribution in [-0.4, -0.2) is 16.9 Å². The average Bonchev–Trinajstić information content (AvgIpc) is 2.60. The molecule has 0 saturated carbocycles. The van der Waals surface area contributed by atoms with E-state index in [0.29, 0.717) is 5.69 Å². The molecule has 0 spiro atoms. The maximum atomic E-state index is 13.5. The summed E-state index contributed by atoms with van der Waals surface area (Å²) in [5, 5.41) is 4.30. The van der Waals surface area contributed by atoms with Gasteiger partial charge in [0.1, 0.15) is 16.7 Å². The van der Waals surface area contributed by atoms with Gasteiger partial charge in [0.15, 0.2) is 5.82 Å². The summed E-state index contributed by atoms with van der Waals surface area (Å²) >= 11 is 5.91. The SMILES string of the molecule is COCc1cc(Cl)n(-c2ccc(F)cc2F)n1. The molecule has 0 aliphatic heterocycles. The summed E-state index contributed by atoms with van der Waals surface area (Å²) in [5.74, 6) is -1.37. The van der Waals surface area contributed by atoms with E-state index in [-0.39, 0.29) is 17.4 Å². The summed E-state index contributed by atoms with van der Waals surface area (Å²) in [6.45, 7) is 0.273. The number of hydrogen-bond donors (Lipinski definition) is 0. The molecule has 0 amide bonds. The predicted molar refractivity (Wildman–Crippen MR) is 59.2 cm³/mol. The van der Waals surface area contributed by atoms with Gasteiger partial charge in [-0.3, -0.25) is 0 Å². The predicted octanol–water partition coefficient (Wildman–Crippen LogP) is 2.95. The molecule has 2 rings (SSSR count). The summed E-state index contributed by atoms with van der Waals surface area (Å²) in [4.78, 5) is 0. The fourth-order valence-corrected chi connectivity index (χ4v) is 1.70. The first-order chi connectivity index (χ1) is 8.11. The molecule has 0 saturated heterocycles. The Kier molecular flexibility index (Phi) is 3.40. The second-order valence-corrected chi connectivity index (χ2v) is 3.79. The van der Waals surface area contributed by atoms with Crippen LogP contribution in [0.3, 0.4) is 0 Å². The van der Waals surface area contributed by atoms with Gasteiger partial charge in [0, 0.05) is 19.2 Å². The van der Waals surface area contributed by atoms with Crippen molar-refractivity contribution in [3.8, 4) is 5.69 Å². The van der Waals surface area contributed by atoms with Crippen LogP contribution in [0.25, 0.3) is 5.69 Å². The molecule has 0 aliphatic rings. The Morgan fingerprint density at radius 2 is 2.12 bits per heavy atom. The van der Waals surface area contributed by atoms with Gasteiger partial charge in [-0.1, -0.05) is 11.6 Å². The van der Waals surface area contributed by atoms with E-state index in [1.807, 2.05) is 0 Å². The van der Waals surface area contributed by atoms with E-state index in [0.717, 1.165) is 12.1 Å². The molecule has 1 aromatic carbocycles. The Balaban J connectivity index is 2.45. The van der Waals surface area contributed by atoms with Crippen molar-refractivity contribution in [2.45, 2.75) is 6.61 Å². The van der Waals surface area contributed by atoms with Crippen molar-refractivity contribution in [1.82, 2.24) is 9.78 Å². The second-order valence-electron chi connectivity index (χ2n) is 3.40. The van der Waals surface area contributed by atoms with Crippen LogP contribution in [0.15, 0.2) is 24.3 Å². The monoisotopic (exact) mass is 258 g/mol. The number of hydrogen-bond acceptors (Lipinski definition) is 2. The van der Waals surface area contributed by atoms with Crippen molar-refractivity contribution in [3.05, 3.63) is 46.7 Å². The van der Waals surface area contributed by atoms with Gasteiger partial charge >= 0.3 is 0 Å². The lowest BCUT2D eigenvalue weighted by Gasteiger charge is -2.04. The first-order valence-electron chi connectivity index (χ1n) is 4.80. The van der Waals surface area contributed by atoms with Crippen LogP contribution in [0.1, 0.15) is 5.69 Å². The van der Waals surface area contributed by atoms with Gasteiger partial charge in [0.25, 0.3) is 0 Å². The van der Waals surface area contributed by atoms with Gasteiger partial charge in [-0.2, -0.15) is 5.10 Å². The van der Waals surface area contributed by atoms with Crippen molar-refractivity contribution in [2.75, 3.05) is 7.11 Å². The summed E-state index contributed by atoms with van der Waals surface area (Å²) in [5.41, 5.74) is 0.667. The number of methoxy groups -OCH3 is 1. The van der Waals surface area contributed by atoms with E-state index in [9.17, 15) is 8.78 Å². The van der Waals surface area contributed by atoms with Crippen LogP contribution in [-0.2, 0) is 11.3 Å². The molecule has 90 valence electrons. The van der Waals surface area contributed by atoms with Crippen LogP contribution >= 0.6 is 11.6 Å². The third-order valence-corrected chi connectivity index (χ3v) is 2.42. The number of aromatic nitrogens is 2. The molecule has 0 radical (unpaired) electrons. The van der Waals surface area contributed by atoms with Crippen molar-refractivity contribution >= 4 is 11.6 Å². The molecule has 17 heavy (non-hydrogen) atoms. The minimum absolute atomic E-state index is 0.0961. The van der Waals surface area contributed by atoms with Crippen LogP contribution in [0, 0.1) is 11.6 Å². The zero-order chi connectivity index (χ0) is 12.4. The smallest absolute Gasteiger partial charge is 0.151 e. The van der Waals surface area contributed by atoms with E-state index in [2.05, 4.69) is 5.10 Å². The van der Waals surface area contributed by atoms with Gasteiger partial charge < -0.3 is 4.74 Å². The number of nitrogens with zero attached hydrogens (tertiary/aromatic N) is 2. The van der Waals surface area contributed by atoms with Gasteiger partial charge in [-0.15, -0.1) is 0 Å². The van der Waals surface area contributed by atoms with Gasteiger partial charge in [-0.25, -0.2) is 13.5 Å². The molecule has 2 aromatic rings. The van der Waals surface area contributed by atoms with E-state index in [1.165, 1.54) is 17.9 Å². The highest BCUT2D eigenvalue weighted by Crippen LogP contribution is 2.20. The molecule has 0 bridgehead atoms. The first-order valence-corrected chi connectivity index (χ1v) is 5.18. The Bertz CT molecular complexity index is 542. The van der Waals surface area contributed by atoms with Gasteiger partial charge in [-0.05, 0) is 12.1 Å². The first kappa shape index (κ1) is 12.0. The zero-order valence-electron chi connectivity index (χ0n) is 8.95. The molecule has 6 heteroatoms. The quantitative estimate of drug-likeness (QED) is 0.846. The van der Waals surface area contributed by atoms with E-state index in [1.54, 1.807) is 6.07 Å². The fraction of sp³-hybridized carbons (Fsp3) is 0.182. The third-order valence-electron chi connectivity index (χ3n) is 2.15. The largest absolute Gasteiger partial charge is 0.378 e. The standard InChI is InChI=1S/C11H9ClF2N2O/c1-17-6-8-5-11(12)16(15-8)10-3-2-7(13)4-9(10)14/h2-5H,6H2,1H3. The minimum Gasteiger partial charge on any atom is -0.378 e. The maximum absolute atomic E-state index is 13.5. The number of halogens is 3. The summed E-state index contributed by atoms with van der Waals surface area (Å²) in [7, 11) is 1.52. The normalized spacial score (nSPS) is 10.8. The van der Waals surface area contributed by atoms with Crippen molar-refractivity contribution in [1.29, 1.82) is 0 Å². The fourth-order valence-electron chi connectivity index (χ4n) is 1.44. The van der Waals surface area contributed by atoms with Crippen molar-refractivity contribution in [3.63, 3.8) is 0 Å². The molecule has 0 aliphatic carbocycles. The van der Waals surface area contributed by atoms with Crippen LogP contribution in [0.2, 0.25) is 5.15 Å². The number of benzene rings is 1. The Morgan fingerprint density at radius 1 is 1.35 bits per heavy atom. The van der Waals surface area contributed by atoms with Crippen molar-refractivity contribution < 1.29 is 13.5 Å². The number of rotatable bonds is 3. The lowest BCUT2D eigenvalue weighted by Crippen LogP contribution is -2.01. The van der Waals surface area contributed by atoms with Crippen LogP contribution in [0.4, 0.5) is 8.78 Å². The molecule has 0 atom stereocenters. The number of ether oxygens (including phenoxy) is 1. The highest BCUT2D eigenvalue weighted by molar-refractivity contribution is 6.29. The van der Waals surface area contributed by atoms with Gasteiger partial charge in [0.2, 0.25) is 0 Å². The highest BCUT2D eigenvalue weighted by atomic mass is 35.5. The average molecular weight is 259 g/mol. The van der Waals surface area contributed by atoms with Crippen LogP contribution < -0.4 is 0 Å². The second kappa shape index (κ2) is 4.81. The van der Waals surface area contributed by atoms with E-state index >= 15 is 0 Å². The van der Waals surface area contributed by atoms with E-state index < -0.39 is 11.6 Å². The molecular weight excluding hydrogens is 250 g/mol. The minimum atomic E-state index is -0.723. The third kappa shape index (κ3) is 2.45. The topological polar surface area (TPSA) is 27.1 Å². The molecule has 1 heterocycles.